The summed E-state index contributed by atoms with van der Waals surface area (Å²) in [4.78, 5) is 25.4. The molecule has 0 aliphatic rings. The van der Waals surface area contributed by atoms with E-state index in [1.807, 2.05) is 0 Å². The number of nitrogens with two attached hydrogens (primary N) is 1. The topological polar surface area (TPSA) is 87.2 Å². The van der Waals surface area contributed by atoms with Gasteiger partial charge in [0.15, 0.2) is 11.6 Å². The van der Waals surface area contributed by atoms with E-state index in [-0.39, 0.29) is 23.6 Å². The molecule has 0 heterocycles. The number of carbonyl (C=O) groups is 2. The predicted octanol–water partition coefficient (Wildman–Crippen LogP) is 3.33. The summed E-state index contributed by atoms with van der Waals surface area (Å²) in [6.07, 6.45) is 4.90. The van der Waals surface area contributed by atoms with Crippen molar-refractivity contribution in [3.05, 3.63) is 64.6 Å². The summed E-state index contributed by atoms with van der Waals surface area (Å²) in [5.41, 5.74) is 7.43. The summed E-state index contributed by atoms with van der Waals surface area (Å²) in [5.74, 6) is -0.891. The Morgan fingerprint density at radius 1 is 1.30 bits per heavy atom. The monoisotopic (exact) mass is 369 g/mol. The number of rotatable bonds is 8. The zero-order valence-electron chi connectivity index (χ0n) is 16.0. The van der Waals surface area contributed by atoms with Gasteiger partial charge in [-0.05, 0) is 45.1 Å². The fourth-order valence-electron chi connectivity index (χ4n) is 2.44. The highest BCUT2D eigenvalue weighted by molar-refractivity contribution is 5.98. The molecule has 5 nitrogen and oxygen atoms in total. The maximum atomic E-state index is 14.1. The zero-order chi connectivity index (χ0) is 20.6. The van der Waals surface area contributed by atoms with Crippen LogP contribution in [0.25, 0.3) is 5.70 Å². The van der Waals surface area contributed by atoms with Crippen LogP contribution in [0.5, 0.6) is 0 Å². The molecule has 0 spiro atoms. The first-order valence-corrected chi connectivity index (χ1v) is 8.46. The highest BCUT2D eigenvalue weighted by Gasteiger charge is 2.14. The van der Waals surface area contributed by atoms with Crippen LogP contribution in [0.15, 0.2) is 47.7 Å². The quantitative estimate of drug-likeness (QED) is 0.561. The fourth-order valence-corrected chi connectivity index (χ4v) is 2.44. The maximum absolute atomic E-state index is 14.1. The zero-order valence-corrected chi connectivity index (χ0v) is 16.0. The van der Waals surface area contributed by atoms with Crippen LogP contribution >= 0.6 is 0 Å². The summed E-state index contributed by atoms with van der Waals surface area (Å²) in [6, 6.07) is 6.04. The fraction of sp³-hybridized carbons (Fsp3) is 0.286. The molecule has 0 unspecified atom stereocenters. The smallest absolute Gasteiger partial charge is 0.159 e. The Kier molecular flexibility index (Phi) is 8.15. The molecule has 2 N–H and O–H groups in total. The first kappa shape index (κ1) is 21.8. The number of Topliss-reactive ketones (excluding diaryl/α,β-unsaturated/α-hetero) is 1. The van der Waals surface area contributed by atoms with E-state index in [2.05, 4.69) is 0 Å². The molecule has 0 radical (unpaired) electrons. The van der Waals surface area contributed by atoms with Crippen molar-refractivity contribution in [2.45, 2.75) is 27.2 Å². The molecule has 1 aromatic rings. The lowest BCUT2D eigenvalue weighted by molar-refractivity contribution is -0.115. The minimum atomic E-state index is -0.642. The first-order valence-electron chi connectivity index (χ1n) is 8.46. The van der Waals surface area contributed by atoms with Crippen LogP contribution in [0.4, 0.5) is 4.39 Å². The minimum absolute atomic E-state index is 0.0580. The second-order valence-electron chi connectivity index (χ2n) is 6.16. The van der Waals surface area contributed by atoms with E-state index in [4.69, 9.17) is 11.0 Å². The standard InChI is InChI=1S/C21H24FN3O2/c1-5-16(15(3)26)12-21(17-6-7-18(13-23)20(22)11-17)25(4)9-8-19(27)10-14(2)24/h5-7,10-12H,8-9,24H2,1-4H3/b14-10-,16-5+,21-12-. The minimum Gasteiger partial charge on any atom is -0.402 e. The molecule has 0 bridgehead atoms. The van der Waals surface area contributed by atoms with Gasteiger partial charge >= 0.3 is 0 Å². The van der Waals surface area contributed by atoms with E-state index in [9.17, 15) is 14.0 Å². The summed E-state index contributed by atoms with van der Waals surface area (Å²) in [5, 5.41) is 8.91. The van der Waals surface area contributed by atoms with Crippen LogP contribution in [0.1, 0.15) is 38.3 Å². The van der Waals surface area contributed by atoms with Crippen molar-refractivity contribution in [2.24, 2.45) is 5.73 Å². The summed E-state index contributed by atoms with van der Waals surface area (Å²) >= 11 is 0. The Morgan fingerprint density at radius 3 is 2.44 bits per heavy atom. The van der Waals surface area contributed by atoms with Gasteiger partial charge in [-0.1, -0.05) is 12.1 Å². The molecule has 0 saturated heterocycles. The number of carbonyl (C=O) groups excluding carboxylic acids is 2. The van der Waals surface area contributed by atoms with Crippen LogP contribution in [0.2, 0.25) is 0 Å². The second kappa shape index (κ2) is 10.1. The van der Waals surface area contributed by atoms with Gasteiger partial charge in [0, 0.05) is 42.5 Å². The van der Waals surface area contributed by atoms with Crippen molar-refractivity contribution in [1.29, 1.82) is 5.26 Å². The van der Waals surface area contributed by atoms with E-state index >= 15 is 0 Å². The van der Waals surface area contributed by atoms with Gasteiger partial charge in [0.05, 0.1) is 5.56 Å². The van der Waals surface area contributed by atoms with Crippen molar-refractivity contribution < 1.29 is 14.0 Å². The molecule has 6 heteroatoms. The Hall–Kier alpha value is -3.20. The third-order valence-corrected chi connectivity index (χ3v) is 3.89. The average Bonchev–Trinajstić information content (AvgIpc) is 2.59. The van der Waals surface area contributed by atoms with Gasteiger partial charge in [0.2, 0.25) is 0 Å². The molecule has 0 aliphatic heterocycles. The lowest BCUT2D eigenvalue weighted by Gasteiger charge is -2.23. The lowest BCUT2D eigenvalue weighted by Crippen LogP contribution is -2.21. The molecule has 0 aromatic heterocycles. The Balaban J connectivity index is 3.26. The number of halogens is 1. The Morgan fingerprint density at radius 2 is 1.96 bits per heavy atom. The summed E-state index contributed by atoms with van der Waals surface area (Å²) < 4.78 is 14.1. The third-order valence-electron chi connectivity index (χ3n) is 3.89. The normalized spacial score (nSPS) is 12.5. The number of hydrogen-bond donors (Lipinski definition) is 1. The van der Waals surface area contributed by atoms with Gasteiger partial charge in [0.25, 0.3) is 0 Å². The number of benzene rings is 1. The number of hydrogen-bond acceptors (Lipinski definition) is 5. The van der Waals surface area contributed by atoms with Crippen molar-refractivity contribution in [3.8, 4) is 6.07 Å². The van der Waals surface area contributed by atoms with Crippen LogP contribution in [0, 0.1) is 17.1 Å². The molecule has 0 amide bonds. The predicted molar refractivity (Wildman–Crippen MR) is 104 cm³/mol. The van der Waals surface area contributed by atoms with Crippen LogP contribution in [0.3, 0.4) is 0 Å². The molecule has 1 aromatic carbocycles. The molecule has 0 aliphatic carbocycles. The SMILES string of the molecule is C/C=C(\C=C(\c1ccc(C#N)c(F)c1)N(C)CCC(=O)/C=C(/C)N)C(C)=O. The number of allylic oxidation sites excluding steroid dienone is 5. The van der Waals surface area contributed by atoms with Gasteiger partial charge in [-0.15, -0.1) is 0 Å². The van der Waals surface area contributed by atoms with E-state index in [0.717, 1.165) is 0 Å². The van der Waals surface area contributed by atoms with Crippen molar-refractivity contribution in [3.63, 3.8) is 0 Å². The van der Waals surface area contributed by atoms with Gasteiger partial charge in [0.1, 0.15) is 11.9 Å². The van der Waals surface area contributed by atoms with Crippen LogP contribution in [-0.4, -0.2) is 30.1 Å². The molecule has 0 fully saturated rings. The van der Waals surface area contributed by atoms with Crippen molar-refractivity contribution in [1.82, 2.24) is 4.90 Å². The molecular formula is C21H24FN3O2. The highest BCUT2D eigenvalue weighted by Crippen LogP contribution is 2.23. The number of nitrogens with zero attached hydrogens (tertiary/aromatic N) is 2. The van der Waals surface area contributed by atoms with Gasteiger partial charge in [-0.2, -0.15) is 5.26 Å². The van der Waals surface area contributed by atoms with E-state index in [0.29, 0.717) is 29.1 Å². The molecule has 0 atom stereocenters. The molecule has 0 saturated carbocycles. The summed E-state index contributed by atoms with van der Waals surface area (Å²) in [6.45, 7) is 5.17. The Bertz CT molecular complexity index is 857. The van der Waals surface area contributed by atoms with Gasteiger partial charge in [-0.3, -0.25) is 9.59 Å². The highest BCUT2D eigenvalue weighted by atomic mass is 19.1. The van der Waals surface area contributed by atoms with E-state index < -0.39 is 5.82 Å². The van der Waals surface area contributed by atoms with Crippen molar-refractivity contribution in [2.75, 3.05) is 13.6 Å². The molecule has 27 heavy (non-hydrogen) atoms. The van der Waals surface area contributed by atoms with Crippen molar-refractivity contribution >= 4 is 17.3 Å². The largest absolute Gasteiger partial charge is 0.402 e. The molecule has 142 valence electrons. The van der Waals surface area contributed by atoms with E-state index in [1.165, 1.54) is 25.1 Å². The summed E-state index contributed by atoms with van der Waals surface area (Å²) in [7, 11) is 1.75. The van der Waals surface area contributed by atoms with Gasteiger partial charge < -0.3 is 10.6 Å². The molecule has 1 rings (SSSR count). The maximum Gasteiger partial charge on any atom is 0.159 e. The molecular weight excluding hydrogens is 345 g/mol. The van der Waals surface area contributed by atoms with Crippen LogP contribution in [-0.2, 0) is 9.59 Å². The second-order valence-corrected chi connectivity index (χ2v) is 6.16. The van der Waals surface area contributed by atoms with Crippen LogP contribution < -0.4 is 5.73 Å². The number of ketones is 2. The Labute approximate surface area is 159 Å². The lowest BCUT2D eigenvalue weighted by atomic mass is 10.0. The first-order chi connectivity index (χ1) is 12.7. The third kappa shape index (κ3) is 6.55. The van der Waals surface area contributed by atoms with E-state index in [1.54, 1.807) is 50.1 Å². The average molecular weight is 369 g/mol. The van der Waals surface area contributed by atoms with Gasteiger partial charge in [-0.25, -0.2) is 4.39 Å². The number of nitriles is 1.